The molecule has 2 atom stereocenters. The van der Waals surface area contributed by atoms with Crippen LogP contribution in [0.4, 0.5) is 0 Å². The van der Waals surface area contributed by atoms with Crippen LogP contribution in [-0.4, -0.2) is 4.87 Å². The first kappa shape index (κ1) is 8.11. The summed E-state index contributed by atoms with van der Waals surface area (Å²) in [5.41, 5.74) is 0. The molecule has 0 aliphatic heterocycles. The SMILES string of the molecule is N#CC1CC=CC(Cl)(C#N)C1. The van der Waals surface area contributed by atoms with Gasteiger partial charge < -0.3 is 0 Å². The van der Waals surface area contributed by atoms with Crippen LogP contribution in [0.25, 0.3) is 0 Å². The largest absolute Gasteiger partial charge is 0.198 e. The van der Waals surface area contributed by atoms with Crippen molar-refractivity contribution in [3.8, 4) is 12.1 Å². The van der Waals surface area contributed by atoms with Crippen molar-refractivity contribution in [2.45, 2.75) is 17.7 Å². The topological polar surface area (TPSA) is 47.6 Å². The summed E-state index contributed by atoms with van der Waals surface area (Å²) < 4.78 is 0. The molecule has 2 nitrogen and oxygen atoms in total. The van der Waals surface area contributed by atoms with Gasteiger partial charge in [0.2, 0.25) is 0 Å². The number of hydrogen-bond acceptors (Lipinski definition) is 2. The second-order valence-corrected chi connectivity index (χ2v) is 3.32. The number of nitriles is 2. The van der Waals surface area contributed by atoms with Crippen LogP contribution in [0.5, 0.6) is 0 Å². The van der Waals surface area contributed by atoms with Crippen LogP contribution >= 0.6 is 11.6 Å². The summed E-state index contributed by atoms with van der Waals surface area (Å²) >= 11 is 5.83. The molecule has 1 rings (SSSR count). The Morgan fingerprint density at radius 3 is 2.82 bits per heavy atom. The van der Waals surface area contributed by atoms with Crippen molar-refractivity contribution >= 4 is 11.6 Å². The lowest BCUT2D eigenvalue weighted by atomic mass is 9.88. The van der Waals surface area contributed by atoms with Crippen molar-refractivity contribution in [1.82, 2.24) is 0 Å². The van der Waals surface area contributed by atoms with E-state index in [2.05, 4.69) is 6.07 Å². The van der Waals surface area contributed by atoms with Gasteiger partial charge in [0.25, 0.3) is 0 Å². The summed E-state index contributed by atoms with van der Waals surface area (Å²) in [6, 6.07) is 4.08. The van der Waals surface area contributed by atoms with E-state index in [1.165, 1.54) is 0 Å². The Morgan fingerprint density at radius 1 is 1.55 bits per heavy atom. The molecule has 56 valence electrons. The molecule has 1 aliphatic carbocycles. The molecule has 0 bridgehead atoms. The Kier molecular flexibility index (Phi) is 2.17. The third kappa shape index (κ3) is 1.73. The summed E-state index contributed by atoms with van der Waals surface area (Å²) in [6.07, 6.45) is 4.63. The summed E-state index contributed by atoms with van der Waals surface area (Å²) in [7, 11) is 0. The van der Waals surface area contributed by atoms with Gasteiger partial charge in [-0.05, 0) is 12.8 Å². The molecule has 11 heavy (non-hydrogen) atoms. The number of allylic oxidation sites excluding steroid dienone is 2. The molecule has 0 spiro atoms. The van der Waals surface area contributed by atoms with E-state index in [1.807, 2.05) is 6.07 Å². The molecule has 0 radical (unpaired) electrons. The van der Waals surface area contributed by atoms with Crippen LogP contribution in [0.1, 0.15) is 12.8 Å². The molecule has 2 unspecified atom stereocenters. The van der Waals surface area contributed by atoms with Crippen molar-refractivity contribution < 1.29 is 0 Å². The maximum absolute atomic E-state index is 8.62. The third-order valence-electron chi connectivity index (χ3n) is 1.71. The number of hydrogen-bond donors (Lipinski definition) is 0. The van der Waals surface area contributed by atoms with E-state index in [4.69, 9.17) is 22.1 Å². The average Bonchev–Trinajstić information content (AvgIpc) is 2.05. The maximum Gasteiger partial charge on any atom is 0.150 e. The smallest absolute Gasteiger partial charge is 0.150 e. The molecule has 0 N–H and O–H groups in total. The Bertz CT molecular complexity index is 258. The number of rotatable bonds is 0. The van der Waals surface area contributed by atoms with Crippen LogP contribution < -0.4 is 0 Å². The van der Waals surface area contributed by atoms with Crippen LogP contribution in [0, 0.1) is 28.6 Å². The second-order valence-electron chi connectivity index (χ2n) is 2.64. The van der Waals surface area contributed by atoms with Gasteiger partial charge in [-0.1, -0.05) is 23.8 Å². The lowest BCUT2D eigenvalue weighted by Gasteiger charge is -2.21. The second kappa shape index (κ2) is 2.95. The normalized spacial score (nSPS) is 35.7. The molecule has 1 aliphatic rings. The van der Waals surface area contributed by atoms with E-state index in [1.54, 1.807) is 12.2 Å². The van der Waals surface area contributed by atoms with Crippen molar-refractivity contribution in [2.24, 2.45) is 5.92 Å². The van der Waals surface area contributed by atoms with Crippen LogP contribution in [0.3, 0.4) is 0 Å². The minimum Gasteiger partial charge on any atom is -0.198 e. The van der Waals surface area contributed by atoms with Gasteiger partial charge in [0, 0.05) is 0 Å². The van der Waals surface area contributed by atoms with Gasteiger partial charge in [-0.3, -0.25) is 0 Å². The quantitative estimate of drug-likeness (QED) is 0.408. The van der Waals surface area contributed by atoms with Crippen molar-refractivity contribution in [2.75, 3.05) is 0 Å². The van der Waals surface area contributed by atoms with E-state index in [0.29, 0.717) is 12.8 Å². The Morgan fingerprint density at radius 2 is 2.27 bits per heavy atom. The van der Waals surface area contributed by atoms with Crippen LogP contribution in [-0.2, 0) is 0 Å². The zero-order chi connectivity index (χ0) is 8.32. The molecule has 0 aromatic rings. The molecule has 3 heteroatoms. The number of halogens is 1. The van der Waals surface area contributed by atoms with Crippen molar-refractivity contribution in [1.29, 1.82) is 10.5 Å². The molecular formula is C8H7ClN2. The highest BCUT2D eigenvalue weighted by Gasteiger charge is 2.30. The fourth-order valence-electron chi connectivity index (χ4n) is 1.11. The Balaban J connectivity index is 2.77. The zero-order valence-electron chi connectivity index (χ0n) is 5.92. The Hall–Kier alpha value is -0.990. The maximum atomic E-state index is 8.62. The van der Waals surface area contributed by atoms with Gasteiger partial charge in [-0.2, -0.15) is 10.5 Å². The van der Waals surface area contributed by atoms with Gasteiger partial charge >= 0.3 is 0 Å². The van der Waals surface area contributed by atoms with Gasteiger partial charge in [-0.25, -0.2) is 0 Å². The average molecular weight is 167 g/mol. The van der Waals surface area contributed by atoms with Crippen molar-refractivity contribution in [3.63, 3.8) is 0 Å². The van der Waals surface area contributed by atoms with Gasteiger partial charge in [0.1, 0.15) is 4.87 Å². The molecule has 0 amide bonds. The minimum absolute atomic E-state index is 0.0999. The standard InChI is InChI=1S/C8H7ClN2/c9-8(6-11)3-1-2-7(4-8)5-10/h1,3,7H,2,4H2. The summed E-state index contributed by atoms with van der Waals surface area (Å²) in [5.74, 6) is -0.0999. The van der Waals surface area contributed by atoms with Crippen LogP contribution in [0.2, 0.25) is 0 Å². The van der Waals surface area contributed by atoms with E-state index >= 15 is 0 Å². The highest BCUT2D eigenvalue weighted by atomic mass is 35.5. The van der Waals surface area contributed by atoms with Crippen molar-refractivity contribution in [3.05, 3.63) is 12.2 Å². The first-order valence-electron chi connectivity index (χ1n) is 3.38. The van der Waals surface area contributed by atoms with Crippen LogP contribution in [0.15, 0.2) is 12.2 Å². The predicted molar refractivity (Wildman–Crippen MR) is 41.7 cm³/mol. The Labute approximate surface area is 70.7 Å². The van der Waals surface area contributed by atoms with E-state index in [0.717, 1.165) is 0 Å². The molecule has 0 saturated heterocycles. The molecule has 0 heterocycles. The monoisotopic (exact) mass is 166 g/mol. The van der Waals surface area contributed by atoms with E-state index < -0.39 is 4.87 Å². The summed E-state index contributed by atoms with van der Waals surface area (Å²) in [4.78, 5) is -0.932. The molecule has 0 aromatic carbocycles. The molecule has 0 aromatic heterocycles. The minimum atomic E-state index is -0.932. The van der Waals surface area contributed by atoms with Gasteiger partial charge in [0.05, 0.1) is 18.1 Å². The first-order chi connectivity index (χ1) is 5.20. The molecule has 0 saturated carbocycles. The zero-order valence-corrected chi connectivity index (χ0v) is 6.67. The predicted octanol–water partition coefficient (Wildman–Crippen LogP) is 1.98. The summed E-state index contributed by atoms with van der Waals surface area (Å²) in [5, 5.41) is 17.2. The van der Waals surface area contributed by atoms with Gasteiger partial charge in [-0.15, -0.1) is 0 Å². The fraction of sp³-hybridized carbons (Fsp3) is 0.500. The highest BCUT2D eigenvalue weighted by molar-refractivity contribution is 6.27. The van der Waals surface area contributed by atoms with E-state index in [9.17, 15) is 0 Å². The number of nitrogens with zero attached hydrogens (tertiary/aromatic N) is 2. The lowest BCUT2D eigenvalue weighted by molar-refractivity contribution is 0.555. The first-order valence-corrected chi connectivity index (χ1v) is 3.75. The molecule has 0 fully saturated rings. The summed E-state index contributed by atoms with van der Waals surface area (Å²) in [6.45, 7) is 0. The molecular weight excluding hydrogens is 160 g/mol. The number of alkyl halides is 1. The highest BCUT2D eigenvalue weighted by Crippen LogP contribution is 2.31. The lowest BCUT2D eigenvalue weighted by Crippen LogP contribution is -2.22. The third-order valence-corrected chi connectivity index (χ3v) is 2.08. The van der Waals surface area contributed by atoms with E-state index in [-0.39, 0.29) is 5.92 Å². The van der Waals surface area contributed by atoms with Gasteiger partial charge in [0.15, 0.2) is 0 Å². The fourth-order valence-corrected chi connectivity index (χ4v) is 1.39.